The van der Waals surface area contributed by atoms with Crippen molar-refractivity contribution in [1.29, 1.82) is 0 Å². The second kappa shape index (κ2) is 6.69. The molecule has 0 aliphatic heterocycles. The van der Waals surface area contributed by atoms with E-state index in [0.29, 0.717) is 19.3 Å². The molecule has 0 aromatic heterocycles. The molecule has 7 heteroatoms. The molecular weight excluding hydrogens is 290 g/mol. The highest BCUT2D eigenvalue weighted by Crippen LogP contribution is 2.35. The third kappa shape index (κ3) is 4.21. The summed E-state index contributed by atoms with van der Waals surface area (Å²) in [6.07, 6.45) is 1.16. The molecule has 1 fully saturated rings. The van der Waals surface area contributed by atoms with Crippen LogP contribution < -0.4 is 0 Å². The summed E-state index contributed by atoms with van der Waals surface area (Å²) in [5.74, 6) is -1.45. The molecule has 0 amide bonds. The highest BCUT2D eigenvalue weighted by molar-refractivity contribution is 6.66. The van der Waals surface area contributed by atoms with Crippen molar-refractivity contribution >= 4 is 50.5 Å². The topological polar surface area (TPSA) is 60.4 Å². The van der Waals surface area contributed by atoms with E-state index < -0.39 is 33.7 Å². The zero-order valence-electron chi connectivity index (χ0n) is 8.83. The Labute approximate surface area is 114 Å². The molecule has 0 aromatic carbocycles. The van der Waals surface area contributed by atoms with Crippen LogP contribution in [0.2, 0.25) is 0 Å². The predicted octanol–water partition coefficient (Wildman–Crippen LogP) is 2.08. The molecule has 4 nitrogen and oxygen atoms in total. The first-order valence-electron chi connectivity index (χ1n) is 5.12. The zero-order chi connectivity index (χ0) is 13.0. The lowest BCUT2D eigenvalue weighted by atomic mass is 9.78. The summed E-state index contributed by atoms with van der Waals surface area (Å²) in [7, 11) is 0. The molecule has 0 radical (unpaired) electrons. The van der Waals surface area contributed by atoms with Crippen molar-refractivity contribution in [3.05, 3.63) is 0 Å². The van der Waals surface area contributed by atoms with Crippen molar-refractivity contribution in [2.75, 3.05) is 6.61 Å². The summed E-state index contributed by atoms with van der Waals surface area (Å²) in [4.78, 5) is 33.1. The number of hydrogen-bond acceptors (Lipinski definition) is 4. The number of rotatable bonds is 5. The fourth-order valence-electron chi connectivity index (χ4n) is 2.08. The summed E-state index contributed by atoms with van der Waals surface area (Å²) in [5, 5.41) is -1.93. The Bertz CT molecular complexity index is 332. The highest BCUT2D eigenvalue weighted by atomic mass is 35.5. The van der Waals surface area contributed by atoms with Crippen LogP contribution in [0.25, 0.3) is 0 Å². The standard InChI is InChI=1S/C10H11Cl3O4/c11-7(14)4-17-6-3-1-2-5(9(12)15)8(6)10(13)16/h5-6,8H,1-4H2. The van der Waals surface area contributed by atoms with Crippen LogP contribution in [-0.2, 0) is 19.1 Å². The first-order valence-corrected chi connectivity index (χ1v) is 6.25. The van der Waals surface area contributed by atoms with Crippen molar-refractivity contribution in [2.24, 2.45) is 11.8 Å². The van der Waals surface area contributed by atoms with Crippen LogP contribution in [0.5, 0.6) is 0 Å². The third-order valence-corrected chi connectivity index (χ3v) is 3.44. The average Bonchev–Trinajstić information content (AvgIpc) is 2.25. The summed E-state index contributed by atoms with van der Waals surface area (Å²) in [5.41, 5.74) is 0. The lowest BCUT2D eigenvalue weighted by Gasteiger charge is -2.33. The van der Waals surface area contributed by atoms with Gasteiger partial charge in [0.1, 0.15) is 6.61 Å². The van der Waals surface area contributed by atoms with Crippen LogP contribution in [-0.4, -0.2) is 28.4 Å². The number of ether oxygens (including phenoxy) is 1. The van der Waals surface area contributed by atoms with Crippen molar-refractivity contribution in [1.82, 2.24) is 0 Å². The molecule has 1 aliphatic carbocycles. The molecule has 0 N–H and O–H groups in total. The molecule has 0 heterocycles. The molecule has 3 atom stereocenters. The van der Waals surface area contributed by atoms with Gasteiger partial charge >= 0.3 is 0 Å². The van der Waals surface area contributed by atoms with Gasteiger partial charge in [-0.15, -0.1) is 0 Å². The summed E-state index contributed by atoms with van der Waals surface area (Å²) >= 11 is 16.0. The second-order valence-electron chi connectivity index (χ2n) is 3.88. The summed E-state index contributed by atoms with van der Waals surface area (Å²) in [6.45, 7) is -0.309. The van der Waals surface area contributed by atoms with Crippen LogP contribution in [0.3, 0.4) is 0 Å². The monoisotopic (exact) mass is 300 g/mol. The van der Waals surface area contributed by atoms with Crippen molar-refractivity contribution < 1.29 is 19.1 Å². The number of carbonyl (C=O) groups excluding carboxylic acids is 3. The van der Waals surface area contributed by atoms with Gasteiger partial charge in [-0.1, -0.05) is 6.42 Å². The van der Waals surface area contributed by atoms with Gasteiger partial charge in [-0.3, -0.25) is 14.4 Å². The summed E-state index contributed by atoms with van der Waals surface area (Å²) in [6, 6.07) is 0. The minimum Gasteiger partial charge on any atom is -0.368 e. The van der Waals surface area contributed by atoms with Crippen LogP contribution in [0, 0.1) is 11.8 Å². The van der Waals surface area contributed by atoms with Crippen molar-refractivity contribution in [3.63, 3.8) is 0 Å². The second-order valence-corrected chi connectivity index (χ2v) is 5.04. The van der Waals surface area contributed by atoms with E-state index in [-0.39, 0.29) is 6.61 Å². The lowest BCUT2D eigenvalue weighted by Crippen LogP contribution is -2.41. The lowest BCUT2D eigenvalue weighted by molar-refractivity contribution is -0.136. The molecule has 1 saturated carbocycles. The van der Waals surface area contributed by atoms with E-state index >= 15 is 0 Å². The Morgan fingerprint density at radius 2 is 1.71 bits per heavy atom. The highest BCUT2D eigenvalue weighted by Gasteiger charge is 2.41. The third-order valence-electron chi connectivity index (χ3n) is 2.80. The predicted molar refractivity (Wildman–Crippen MR) is 63.2 cm³/mol. The Morgan fingerprint density at radius 1 is 1.06 bits per heavy atom. The minimum atomic E-state index is -0.800. The van der Waals surface area contributed by atoms with Crippen LogP contribution in [0.1, 0.15) is 19.3 Å². The fraction of sp³-hybridized carbons (Fsp3) is 0.700. The van der Waals surface area contributed by atoms with E-state index in [4.69, 9.17) is 39.5 Å². The maximum Gasteiger partial charge on any atom is 0.247 e. The van der Waals surface area contributed by atoms with Gasteiger partial charge in [0.15, 0.2) is 0 Å². The molecular formula is C10H11Cl3O4. The molecule has 1 aliphatic rings. The van der Waals surface area contributed by atoms with Crippen LogP contribution in [0.4, 0.5) is 0 Å². The van der Waals surface area contributed by atoms with Crippen LogP contribution >= 0.6 is 34.8 Å². The number of halogens is 3. The van der Waals surface area contributed by atoms with Gasteiger partial charge in [-0.05, 0) is 47.6 Å². The van der Waals surface area contributed by atoms with Gasteiger partial charge in [0.05, 0.1) is 12.0 Å². The van der Waals surface area contributed by atoms with Gasteiger partial charge in [0.25, 0.3) is 0 Å². The average molecular weight is 302 g/mol. The molecule has 0 bridgehead atoms. The quantitative estimate of drug-likeness (QED) is 0.730. The molecule has 1 rings (SSSR count). The fourth-order valence-corrected chi connectivity index (χ4v) is 2.68. The van der Waals surface area contributed by atoms with Gasteiger partial charge in [0, 0.05) is 5.92 Å². The molecule has 0 aromatic rings. The normalized spacial score (nSPS) is 28.8. The smallest absolute Gasteiger partial charge is 0.247 e. The Hall–Kier alpha value is -0.160. The maximum atomic E-state index is 11.3. The molecule has 96 valence electrons. The Balaban J connectivity index is 2.76. The van der Waals surface area contributed by atoms with Crippen LogP contribution in [0.15, 0.2) is 0 Å². The van der Waals surface area contributed by atoms with E-state index in [1.54, 1.807) is 0 Å². The van der Waals surface area contributed by atoms with Gasteiger partial charge in [-0.2, -0.15) is 0 Å². The largest absolute Gasteiger partial charge is 0.368 e. The van der Waals surface area contributed by atoms with E-state index in [1.807, 2.05) is 0 Å². The van der Waals surface area contributed by atoms with Gasteiger partial charge < -0.3 is 4.74 Å². The van der Waals surface area contributed by atoms with E-state index in [9.17, 15) is 14.4 Å². The van der Waals surface area contributed by atoms with Gasteiger partial charge in [0.2, 0.25) is 15.7 Å². The number of hydrogen-bond donors (Lipinski definition) is 0. The first-order chi connectivity index (χ1) is 7.93. The number of carbonyl (C=O) groups is 3. The Morgan fingerprint density at radius 3 is 2.18 bits per heavy atom. The molecule has 3 unspecified atom stereocenters. The van der Waals surface area contributed by atoms with E-state index in [0.717, 1.165) is 0 Å². The van der Waals surface area contributed by atoms with E-state index in [2.05, 4.69) is 0 Å². The SMILES string of the molecule is O=C(Cl)COC1CCCC(C(=O)Cl)C1C(=O)Cl. The summed E-state index contributed by atoms with van der Waals surface area (Å²) < 4.78 is 5.20. The maximum absolute atomic E-state index is 11.3. The van der Waals surface area contributed by atoms with Crippen molar-refractivity contribution in [2.45, 2.75) is 25.4 Å². The molecule has 0 saturated heterocycles. The van der Waals surface area contributed by atoms with Gasteiger partial charge in [-0.25, -0.2) is 0 Å². The zero-order valence-corrected chi connectivity index (χ0v) is 11.1. The Kier molecular flexibility index (Phi) is 5.86. The van der Waals surface area contributed by atoms with Crippen molar-refractivity contribution in [3.8, 4) is 0 Å². The van der Waals surface area contributed by atoms with E-state index in [1.165, 1.54) is 0 Å². The first kappa shape index (κ1) is 14.9. The minimum absolute atomic E-state index is 0.309. The molecule has 17 heavy (non-hydrogen) atoms. The molecule has 0 spiro atoms.